The van der Waals surface area contributed by atoms with E-state index in [0.717, 1.165) is 19.6 Å². The summed E-state index contributed by atoms with van der Waals surface area (Å²) < 4.78 is 6.38. The number of hydrogen-bond donors (Lipinski definition) is 1. The third-order valence-electron chi connectivity index (χ3n) is 4.37. The van der Waals surface area contributed by atoms with E-state index in [0.29, 0.717) is 6.04 Å². The Hall–Kier alpha value is -1.64. The van der Waals surface area contributed by atoms with Crippen LogP contribution in [0.5, 0.6) is 0 Å². The van der Waals surface area contributed by atoms with Crippen LogP contribution in [0.4, 0.5) is 0 Å². The summed E-state index contributed by atoms with van der Waals surface area (Å²) in [5, 5.41) is 2.36. The van der Waals surface area contributed by atoms with Crippen molar-refractivity contribution >= 4 is 0 Å². The highest BCUT2D eigenvalue weighted by atomic mass is 16.5. The van der Waals surface area contributed by atoms with Crippen LogP contribution in [-0.4, -0.2) is 19.2 Å². The number of rotatable bonds is 8. The Morgan fingerprint density at radius 3 is 2.17 bits per heavy atom. The van der Waals surface area contributed by atoms with Gasteiger partial charge in [-0.05, 0) is 56.9 Å². The van der Waals surface area contributed by atoms with E-state index in [1.54, 1.807) is 0 Å². The van der Waals surface area contributed by atoms with Crippen molar-refractivity contribution in [2.45, 2.75) is 53.2 Å². The van der Waals surface area contributed by atoms with Crippen LogP contribution in [-0.2, 0) is 4.74 Å². The monoisotopic (exact) mass is 326 g/mol. The maximum absolute atomic E-state index is 6.38. The van der Waals surface area contributed by atoms with Gasteiger partial charge in [0.05, 0.1) is 19.2 Å². The van der Waals surface area contributed by atoms with Gasteiger partial charge in [-0.3, -0.25) is 0 Å². The van der Waals surface area contributed by atoms with Gasteiger partial charge < -0.3 is 10.1 Å². The Balaban J connectivity index is 2.19. The Bertz CT molecular complexity index is 611. The second-order valence-corrected chi connectivity index (χ2v) is 7.10. The summed E-state index contributed by atoms with van der Waals surface area (Å²) in [5.41, 5.74) is 6.50. The lowest BCUT2D eigenvalue weighted by Gasteiger charge is -2.23. The normalized spacial score (nSPS) is 12.6. The highest BCUT2D eigenvalue weighted by molar-refractivity contribution is 5.43. The number of benzene rings is 2. The van der Waals surface area contributed by atoms with Crippen LogP contribution in [0.15, 0.2) is 42.5 Å². The summed E-state index contributed by atoms with van der Waals surface area (Å²) in [4.78, 5) is 0. The first kappa shape index (κ1) is 18.7. The Morgan fingerprint density at radius 2 is 1.58 bits per heavy atom. The van der Waals surface area contributed by atoms with Crippen molar-refractivity contribution < 1.29 is 10.1 Å². The van der Waals surface area contributed by atoms with Gasteiger partial charge in [0.15, 0.2) is 0 Å². The number of aryl methyl sites for hydroxylation is 3. The van der Waals surface area contributed by atoms with Crippen LogP contribution < -0.4 is 5.32 Å². The number of nitrogens with two attached hydrogens (primary N) is 1. The van der Waals surface area contributed by atoms with Crippen molar-refractivity contribution in [3.05, 3.63) is 70.3 Å². The predicted molar refractivity (Wildman–Crippen MR) is 101 cm³/mol. The molecule has 24 heavy (non-hydrogen) atoms. The summed E-state index contributed by atoms with van der Waals surface area (Å²) >= 11 is 0. The molecule has 0 aliphatic carbocycles. The van der Waals surface area contributed by atoms with Crippen LogP contribution in [0.1, 0.15) is 54.2 Å². The van der Waals surface area contributed by atoms with E-state index in [9.17, 15) is 0 Å². The molecule has 2 aromatic carbocycles. The average Bonchev–Trinajstić information content (AvgIpc) is 2.52. The summed E-state index contributed by atoms with van der Waals surface area (Å²) in [6.07, 6.45) is 1.09. The first-order valence-electron chi connectivity index (χ1n) is 9.06. The fourth-order valence-electron chi connectivity index (χ4n) is 3.31. The molecule has 2 rings (SSSR count). The molecule has 0 spiro atoms. The van der Waals surface area contributed by atoms with Gasteiger partial charge in [0.2, 0.25) is 0 Å². The first-order chi connectivity index (χ1) is 11.5. The van der Waals surface area contributed by atoms with Gasteiger partial charge in [-0.1, -0.05) is 48.0 Å². The molecular formula is C22H32NO+. The molecule has 2 heteroatoms. The van der Waals surface area contributed by atoms with Crippen molar-refractivity contribution in [3.63, 3.8) is 0 Å². The average molecular weight is 327 g/mol. The lowest BCUT2D eigenvalue weighted by molar-refractivity contribution is -0.683. The smallest absolute Gasteiger partial charge is 0.108 e. The third-order valence-corrected chi connectivity index (χ3v) is 4.37. The van der Waals surface area contributed by atoms with E-state index < -0.39 is 0 Å². The van der Waals surface area contributed by atoms with Crippen molar-refractivity contribution in [1.82, 2.24) is 0 Å². The van der Waals surface area contributed by atoms with Crippen molar-refractivity contribution in [2.75, 3.05) is 13.2 Å². The maximum atomic E-state index is 6.38. The topological polar surface area (TPSA) is 25.8 Å². The number of ether oxygens (including phenoxy) is 1. The molecule has 0 heterocycles. The minimum absolute atomic E-state index is 0.0193. The molecule has 0 aromatic heterocycles. The van der Waals surface area contributed by atoms with E-state index in [-0.39, 0.29) is 6.10 Å². The van der Waals surface area contributed by atoms with Crippen molar-refractivity contribution in [1.29, 1.82) is 0 Å². The third kappa shape index (κ3) is 5.19. The highest BCUT2D eigenvalue weighted by Gasteiger charge is 2.19. The second kappa shape index (κ2) is 9.00. The molecule has 1 atom stereocenters. The number of hydrogen-bond acceptors (Lipinski definition) is 1. The maximum Gasteiger partial charge on any atom is 0.108 e. The molecule has 0 saturated heterocycles. The minimum atomic E-state index is 0.0193. The molecule has 2 N–H and O–H groups in total. The molecule has 0 aliphatic heterocycles. The predicted octanol–water partition coefficient (Wildman–Crippen LogP) is 4.08. The fraction of sp³-hybridized carbons (Fsp3) is 0.455. The molecule has 0 saturated carbocycles. The van der Waals surface area contributed by atoms with E-state index >= 15 is 0 Å². The van der Waals surface area contributed by atoms with Gasteiger partial charge >= 0.3 is 0 Å². The van der Waals surface area contributed by atoms with Crippen LogP contribution in [0.2, 0.25) is 0 Å². The SMILES string of the molecule is Cc1cc(C)c([C@@H](OCCC[NH2+]C(C)C)c2ccccc2)c(C)c1. The van der Waals surface area contributed by atoms with Gasteiger partial charge in [-0.2, -0.15) is 0 Å². The molecule has 0 fully saturated rings. The largest absolute Gasteiger partial charge is 0.369 e. The number of quaternary nitrogens is 1. The fourth-order valence-corrected chi connectivity index (χ4v) is 3.31. The highest BCUT2D eigenvalue weighted by Crippen LogP contribution is 2.31. The molecule has 0 aliphatic rings. The lowest BCUT2D eigenvalue weighted by atomic mass is 9.92. The van der Waals surface area contributed by atoms with Crippen LogP contribution in [0.25, 0.3) is 0 Å². The Kier molecular flexibility index (Phi) is 7.01. The summed E-state index contributed by atoms with van der Waals surface area (Å²) in [6.45, 7) is 12.9. The standard InChI is InChI=1S/C22H31NO/c1-16(2)23-12-9-13-24-22(20-10-7-6-8-11-20)21-18(4)14-17(3)15-19(21)5/h6-8,10-11,14-16,22-23H,9,12-13H2,1-5H3/p+1/t22-/m0/s1. The van der Waals surface area contributed by atoms with Crippen molar-refractivity contribution in [2.24, 2.45) is 0 Å². The summed E-state index contributed by atoms with van der Waals surface area (Å²) in [7, 11) is 0. The minimum Gasteiger partial charge on any atom is -0.369 e. The van der Waals surface area contributed by atoms with Gasteiger partial charge in [0, 0.05) is 6.42 Å². The van der Waals surface area contributed by atoms with Crippen LogP contribution in [0.3, 0.4) is 0 Å². The first-order valence-corrected chi connectivity index (χ1v) is 9.06. The van der Waals surface area contributed by atoms with Crippen molar-refractivity contribution in [3.8, 4) is 0 Å². The quantitative estimate of drug-likeness (QED) is 0.727. The lowest BCUT2D eigenvalue weighted by Crippen LogP contribution is -2.88. The second-order valence-electron chi connectivity index (χ2n) is 7.10. The summed E-state index contributed by atoms with van der Waals surface area (Å²) in [6, 6.07) is 15.8. The zero-order chi connectivity index (χ0) is 17.5. The van der Waals surface area contributed by atoms with Gasteiger partial charge in [0.1, 0.15) is 6.10 Å². The molecule has 2 nitrogen and oxygen atoms in total. The van der Waals surface area contributed by atoms with Gasteiger partial charge in [-0.25, -0.2) is 0 Å². The molecule has 130 valence electrons. The zero-order valence-electron chi connectivity index (χ0n) is 15.8. The van der Waals surface area contributed by atoms with E-state index in [1.165, 1.54) is 27.8 Å². The van der Waals surface area contributed by atoms with Crippen LogP contribution in [0, 0.1) is 20.8 Å². The molecule has 0 unspecified atom stereocenters. The van der Waals surface area contributed by atoms with Gasteiger partial charge in [0.25, 0.3) is 0 Å². The Morgan fingerprint density at radius 1 is 0.958 bits per heavy atom. The van der Waals surface area contributed by atoms with Gasteiger partial charge in [-0.15, -0.1) is 0 Å². The molecule has 0 radical (unpaired) electrons. The van der Waals surface area contributed by atoms with Crippen LogP contribution >= 0.6 is 0 Å². The molecule has 0 bridgehead atoms. The molecular weight excluding hydrogens is 294 g/mol. The molecule has 2 aromatic rings. The van der Waals surface area contributed by atoms with E-state index in [1.807, 2.05) is 0 Å². The van der Waals surface area contributed by atoms with E-state index in [2.05, 4.69) is 82.4 Å². The van der Waals surface area contributed by atoms with E-state index in [4.69, 9.17) is 4.74 Å². The summed E-state index contributed by atoms with van der Waals surface area (Å²) in [5.74, 6) is 0. The zero-order valence-corrected chi connectivity index (χ0v) is 15.8. The Labute approximate surface area is 147 Å². The molecule has 0 amide bonds.